The third-order valence-corrected chi connectivity index (χ3v) is 9.69. The van der Waals surface area contributed by atoms with Gasteiger partial charge in [0, 0.05) is 42.5 Å². The van der Waals surface area contributed by atoms with Crippen LogP contribution >= 0.6 is 11.6 Å². The fourth-order valence-electron chi connectivity index (χ4n) is 6.61. The minimum absolute atomic E-state index is 0.230. The average Bonchev–Trinajstić information content (AvgIpc) is 3.57. The maximum absolute atomic E-state index is 13.0. The Kier molecular flexibility index (Phi) is 9.42. The molecule has 2 aromatic carbocycles. The average molecular weight is 654 g/mol. The molecular formula is C36H40ClN7O3. The Morgan fingerprint density at radius 2 is 1.66 bits per heavy atom. The van der Waals surface area contributed by atoms with Gasteiger partial charge in [-0.1, -0.05) is 61.2 Å². The number of pyridine rings is 1. The van der Waals surface area contributed by atoms with Crippen molar-refractivity contribution in [2.45, 2.75) is 64.3 Å². The number of nitrogens with two attached hydrogens (primary N) is 1. The van der Waals surface area contributed by atoms with Crippen LogP contribution in [-0.2, 0) is 26.9 Å². The molecule has 3 heterocycles. The van der Waals surface area contributed by atoms with Crippen molar-refractivity contribution in [3.05, 3.63) is 91.3 Å². The highest BCUT2D eigenvalue weighted by Gasteiger charge is 2.22. The highest BCUT2D eigenvalue weighted by atomic mass is 35.5. The van der Waals surface area contributed by atoms with Crippen molar-refractivity contribution in [3.8, 4) is 28.3 Å². The van der Waals surface area contributed by atoms with Gasteiger partial charge in [0.25, 0.3) is 5.56 Å². The maximum Gasteiger partial charge on any atom is 0.332 e. The summed E-state index contributed by atoms with van der Waals surface area (Å²) in [7, 11) is 4.67. The molecule has 1 fully saturated rings. The first kappa shape index (κ1) is 32.4. The van der Waals surface area contributed by atoms with Crippen molar-refractivity contribution in [2.24, 2.45) is 19.8 Å². The number of hydrogen-bond donors (Lipinski definition) is 2. The summed E-state index contributed by atoms with van der Waals surface area (Å²) in [5.41, 5.74) is 12.4. The van der Waals surface area contributed by atoms with E-state index >= 15 is 0 Å². The van der Waals surface area contributed by atoms with Gasteiger partial charge in [-0.25, -0.2) is 19.7 Å². The molecule has 5 aromatic rings. The molecule has 0 amide bonds. The predicted octanol–water partition coefficient (Wildman–Crippen LogP) is 6.24. The van der Waals surface area contributed by atoms with Crippen LogP contribution in [0.5, 0.6) is 5.88 Å². The Labute approximate surface area is 278 Å². The number of benzene rings is 2. The van der Waals surface area contributed by atoms with Crippen molar-refractivity contribution in [3.63, 3.8) is 0 Å². The van der Waals surface area contributed by atoms with Gasteiger partial charge in [-0.3, -0.25) is 13.9 Å². The SMILES string of the molecule is COc1nc(-c2cccc(-c3cccc(Nc4ncnc5c4c(=O)n(C)c(=O)n5C)c3C)c2Cl)cc2c1CCC2.NC1CCCCC1. The Morgan fingerprint density at radius 1 is 0.936 bits per heavy atom. The molecule has 47 heavy (non-hydrogen) atoms. The van der Waals surface area contributed by atoms with E-state index in [1.807, 2.05) is 43.3 Å². The Morgan fingerprint density at radius 3 is 2.38 bits per heavy atom. The molecule has 11 heteroatoms. The molecule has 0 atom stereocenters. The van der Waals surface area contributed by atoms with Crippen LogP contribution in [0.2, 0.25) is 5.02 Å². The van der Waals surface area contributed by atoms with E-state index < -0.39 is 11.2 Å². The number of rotatable bonds is 5. The van der Waals surface area contributed by atoms with Crippen LogP contribution in [0.4, 0.5) is 11.5 Å². The fourth-order valence-corrected chi connectivity index (χ4v) is 6.93. The van der Waals surface area contributed by atoms with E-state index in [1.165, 1.54) is 61.2 Å². The molecule has 7 rings (SSSR count). The first-order valence-electron chi connectivity index (χ1n) is 16.1. The predicted molar refractivity (Wildman–Crippen MR) is 188 cm³/mol. The second-order valence-corrected chi connectivity index (χ2v) is 12.7. The molecule has 3 N–H and O–H groups in total. The van der Waals surface area contributed by atoms with Gasteiger partial charge in [0.1, 0.15) is 17.5 Å². The van der Waals surface area contributed by atoms with Crippen LogP contribution in [0.1, 0.15) is 55.2 Å². The molecule has 0 bridgehead atoms. The minimum Gasteiger partial charge on any atom is -0.481 e. The molecule has 3 aromatic heterocycles. The van der Waals surface area contributed by atoms with E-state index in [1.54, 1.807) is 14.2 Å². The first-order chi connectivity index (χ1) is 22.7. The first-order valence-corrected chi connectivity index (χ1v) is 16.5. The Hall–Kier alpha value is -4.54. The summed E-state index contributed by atoms with van der Waals surface area (Å²) in [6.45, 7) is 1.98. The van der Waals surface area contributed by atoms with Gasteiger partial charge in [0.15, 0.2) is 5.65 Å². The van der Waals surface area contributed by atoms with Gasteiger partial charge >= 0.3 is 5.69 Å². The zero-order valence-electron chi connectivity index (χ0n) is 27.3. The van der Waals surface area contributed by atoms with Crippen molar-refractivity contribution >= 4 is 34.1 Å². The maximum atomic E-state index is 13.0. The van der Waals surface area contributed by atoms with E-state index in [2.05, 4.69) is 21.4 Å². The summed E-state index contributed by atoms with van der Waals surface area (Å²) in [5.74, 6) is 0.977. The van der Waals surface area contributed by atoms with Crippen LogP contribution in [0.25, 0.3) is 33.4 Å². The van der Waals surface area contributed by atoms with Gasteiger partial charge in [-0.15, -0.1) is 0 Å². The van der Waals surface area contributed by atoms with E-state index in [9.17, 15) is 9.59 Å². The summed E-state index contributed by atoms with van der Waals surface area (Å²) >= 11 is 7.06. The summed E-state index contributed by atoms with van der Waals surface area (Å²) in [6.07, 6.45) is 11.1. The third kappa shape index (κ3) is 6.27. The van der Waals surface area contributed by atoms with Crippen LogP contribution in [0.3, 0.4) is 0 Å². The topological polar surface area (TPSA) is 130 Å². The van der Waals surface area contributed by atoms with Crippen LogP contribution in [-0.4, -0.2) is 37.2 Å². The molecule has 0 saturated heterocycles. The van der Waals surface area contributed by atoms with Gasteiger partial charge in [-0.2, -0.15) is 0 Å². The van der Waals surface area contributed by atoms with Crippen molar-refractivity contribution in [1.82, 2.24) is 24.1 Å². The van der Waals surface area contributed by atoms with Crippen molar-refractivity contribution in [1.29, 1.82) is 0 Å². The van der Waals surface area contributed by atoms with E-state index in [-0.39, 0.29) is 11.0 Å². The molecule has 0 aliphatic heterocycles. The molecule has 0 spiro atoms. The van der Waals surface area contributed by atoms with Crippen molar-refractivity contribution < 1.29 is 4.74 Å². The molecule has 1 saturated carbocycles. The molecular weight excluding hydrogens is 614 g/mol. The molecule has 0 radical (unpaired) electrons. The second-order valence-electron chi connectivity index (χ2n) is 12.3. The monoisotopic (exact) mass is 653 g/mol. The number of anilines is 2. The van der Waals surface area contributed by atoms with Crippen LogP contribution < -0.4 is 27.0 Å². The summed E-state index contributed by atoms with van der Waals surface area (Å²) < 4.78 is 7.99. The molecule has 2 aliphatic carbocycles. The highest BCUT2D eigenvalue weighted by molar-refractivity contribution is 6.36. The zero-order valence-corrected chi connectivity index (χ0v) is 28.0. The minimum atomic E-state index is -0.469. The number of fused-ring (bicyclic) bond motifs is 2. The van der Waals surface area contributed by atoms with Crippen molar-refractivity contribution in [2.75, 3.05) is 12.4 Å². The number of nitrogens with one attached hydrogen (secondary N) is 1. The Bertz CT molecular complexity index is 2080. The lowest BCUT2D eigenvalue weighted by Crippen LogP contribution is -2.37. The highest BCUT2D eigenvalue weighted by Crippen LogP contribution is 2.41. The normalized spacial score (nSPS) is 14.4. The van der Waals surface area contributed by atoms with Gasteiger partial charge < -0.3 is 15.8 Å². The lowest BCUT2D eigenvalue weighted by atomic mass is 9.96. The van der Waals surface area contributed by atoms with Gasteiger partial charge in [-0.05, 0) is 67.9 Å². The lowest BCUT2D eigenvalue weighted by molar-refractivity contribution is 0.394. The number of aromatic nitrogens is 5. The number of nitrogens with zero attached hydrogens (tertiary/aromatic N) is 5. The van der Waals surface area contributed by atoms with Crippen LogP contribution in [0, 0.1) is 6.92 Å². The number of aryl methyl sites for hydroxylation is 2. The zero-order chi connectivity index (χ0) is 33.2. The molecule has 244 valence electrons. The third-order valence-electron chi connectivity index (χ3n) is 9.28. The van der Waals surface area contributed by atoms with Gasteiger partial charge in [0.2, 0.25) is 5.88 Å². The van der Waals surface area contributed by atoms with E-state index in [0.29, 0.717) is 22.8 Å². The standard InChI is InChI=1S/C30H27ClN6O3.C6H13N/c1-16-18(20-11-6-12-21(25(20)31)23-14-17-8-5-10-19(17)28(35-23)40-4)9-7-13-22(16)34-26-24-27(33-15-32-26)36(2)30(39)37(3)29(24)38;7-6-4-2-1-3-5-6/h6-7,9,11-15H,5,8,10H2,1-4H3,(H,32,33,34);6H,1-5,7H2. The van der Waals surface area contributed by atoms with E-state index in [0.717, 1.165) is 57.5 Å². The number of ether oxygens (including phenoxy) is 1. The summed E-state index contributed by atoms with van der Waals surface area (Å²) in [5, 5.41) is 4.12. The lowest BCUT2D eigenvalue weighted by Gasteiger charge is -2.17. The van der Waals surface area contributed by atoms with E-state index in [4.69, 9.17) is 27.1 Å². The molecule has 10 nitrogen and oxygen atoms in total. The molecule has 0 unspecified atom stereocenters. The summed E-state index contributed by atoms with van der Waals surface area (Å²) in [4.78, 5) is 38.7. The molecule has 2 aliphatic rings. The Balaban J connectivity index is 0.000000491. The number of hydrogen-bond acceptors (Lipinski definition) is 8. The largest absolute Gasteiger partial charge is 0.481 e. The smallest absolute Gasteiger partial charge is 0.332 e. The second kappa shape index (κ2) is 13.7. The fraction of sp³-hybridized carbons (Fsp3) is 0.361. The van der Waals surface area contributed by atoms with Crippen LogP contribution in [0.15, 0.2) is 58.4 Å². The van der Waals surface area contributed by atoms with Gasteiger partial charge in [0.05, 0.1) is 17.8 Å². The summed E-state index contributed by atoms with van der Waals surface area (Å²) in [6, 6.07) is 14.4. The number of halogens is 1. The quantitative estimate of drug-likeness (QED) is 0.228. The number of methoxy groups -OCH3 is 1.